The second-order valence-corrected chi connectivity index (χ2v) is 11.2. The minimum atomic E-state index is -0.134. The molecule has 4 heterocycles. The number of hydrogen-bond donors (Lipinski definition) is 1. The van der Waals surface area contributed by atoms with E-state index in [4.69, 9.17) is 4.98 Å². The zero-order valence-electron chi connectivity index (χ0n) is 20.0. The predicted molar refractivity (Wildman–Crippen MR) is 134 cm³/mol. The molecule has 0 bridgehead atoms. The van der Waals surface area contributed by atoms with Crippen LogP contribution in [-0.4, -0.2) is 57.8 Å². The molecule has 34 heavy (non-hydrogen) atoms. The molecule has 1 N–H and O–H groups in total. The van der Waals surface area contributed by atoms with Crippen LogP contribution in [0.5, 0.6) is 0 Å². The van der Waals surface area contributed by atoms with E-state index in [9.17, 15) is 9.59 Å². The van der Waals surface area contributed by atoms with Crippen molar-refractivity contribution in [2.45, 2.75) is 64.2 Å². The average Bonchev–Trinajstić information content (AvgIpc) is 3.56. The van der Waals surface area contributed by atoms with Gasteiger partial charge in [0.05, 0.1) is 0 Å². The maximum absolute atomic E-state index is 13.5. The van der Waals surface area contributed by atoms with Crippen LogP contribution in [0.2, 0.25) is 0 Å². The topological polar surface area (TPSA) is 78.4 Å². The van der Waals surface area contributed by atoms with E-state index in [1.165, 1.54) is 0 Å². The van der Waals surface area contributed by atoms with Crippen molar-refractivity contribution in [2.24, 2.45) is 11.8 Å². The third-order valence-electron chi connectivity index (χ3n) is 7.67. The van der Waals surface area contributed by atoms with Gasteiger partial charge in [-0.3, -0.25) is 9.59 Å². The molecular weight excluding hydrogens is 446 g/mol. The lowest BCUT2D eigenvalue weighted by Crippen LogP contribution is -2.48. The van der Waals surface area contributed by atoms with Crippen molar-refractivity contribution >= 4 is 34.1 Å². The number of carbonyl (C=O) groups excluding carboxylic acids is 2. The van der Waals surface area contributed by atoms with E-state index in [1.807, 2.05) is 35.1 Å². The van der Waals surface area contributed by atoms with Gasteiger partial charge >= 0.3 is 0 Å². The first-order valence-corrected chi connectivity index (χ1v) is 13.6. The highest BCUT2D eigenvalue weighted by molar-refractivity contribution is 7.15. The molecule has 2 amide bonds. The van der Waals surface area contributed by atoms with Gasteiger partial charge in [0.2, 0.25) is 11.8 Å². The fraction of sp³-hybridized carbons (Fsp3) is 0.615. The maximum atomic E-state index is 13.5. The Balaban J connectivity index is 1.19. The molecule has 3 aliphatic rings. The van der Waals surface area contributed by atoms with E-state index in [-0.39, 0.29) is 23.7 Å². The number of rotatable bonds is 5. The van der Waals surface area contributed by atoms with Gasteiger partial charge in [-0.1, -0.05) is 18.9 Å². The zero-order chi connectivity index (χ0) is 23.5. The molecule has 2 aromatic rings. The quantitative estimate of drug-likeness (QED) is 0.668. The summed E-state index contributed by atoms with van der Waals surface area (Å²) in [6, 6.07) is 6.10. The average molecular weight is 482 g/mol. The fourth-order valence-corrected chi connectivity index (χ4v) is 6.47. The number of hydrogen-bond acceptors (Lipinski definition) is 6. The molecule has 2 aromatic heterocycles. The van der Waals surface area contributed by atoms with Gasteiger partial charge in [0, 0.05) is 60.7 Å². The van der Waals surface area contributed by atoms with Crippen LogP contribution in [-0.2, 0) is 9.59 Å². The van der Waals surface area contributed by atoms with Crippen molar-refractivity contribution < 1.29 is 9.59 Å². The lowest BCUT2D eigenvalue weighted by atomic mass is 9.77. The number of likely N-dealkylation sites (tertiary alicyclic amines) is 2. The van der Waals surface area contributed by atoms with Crippen LogP contribution in [0.1, 0.15) is 67.9 Å². The highest BCUT2D eigenvalue weighted by Gasteiger charge is 2.40. The van der Waals surface area contributed by atoms with Gasteiger partial charge in [-0.15, -0.1) is 11.3 Å². The number of aromatic nitrogens is 2. The van der Waals surface area contributed by atoms with Crippen molar-refractivity contribution in [1.82, 2.24) is 19.8 Å². The number of amides is 2. The van der Waals surface area contributed by atoms with Gasteiger partial charge in [0.15, 0.2) is 5.13 Å². The summed E-state index contributed by atoms with van der Waals surface area (Å²) in [5, 5.41) is 4.16. The molecular formula is C26H35N5O2S. The van der Waals surface area contributed by atoms with Crippen molar-refractivity contribution in [3.05, 3.63) is 35.0 Å². The molecule has 7 nitrogen and oxygen atoms in total. The Morgan fingerprint density at radius 2 is 1.56 bits per heavy atom. The number of pyridine rings is 1. The molecule has 2 aliphatic heterocycles. The van der Waals surface area contributed by atoms with Crippen LogP contribution >= 0.6 is 11.3 Å². The summed E-state index contributed by atoms with van der Waals surface area (Å²) >= 11 is 1.62. The van der Waals surface area contributed by atoms with Crippen molar-refractivity contribution in [1.29, 1.82) is 0 Å². The Kier molecular flexibility index (Phi) is 7.13. The highest BCUT2D eigenvalue weighted by Crippen LogP contribution is 2.36. The number of piperidine rings is 1. The zero-order valence-corrected chi connectivity index (χ0v) is 20.9. The standard InChI is InChI=1S/C26H35N5O2S/c1-18-17-27-26(34-18)29-23-10-6-9-22(28-23)19-11-15-31(16-12-19)25(33)21-8-3-2-7-20(21)24(32)30-13-4-5-14-30/h6,9-10,17,19-21H,2-5,7-8,11-16H2,1H3,(H,27,28,29). The first-order chi connectivity index (χ1) is 16.6. The Labute approximate surface area is 206 Å². The Morgan fingerprint density at radius 3 is 2.18 bits per heavy atom. The van der Waals surface area contributed by atoms with Crippen molar-refractivity contribution in [3.63, 3.8) is 0 Å². The van der Waals surface area contributed by atoms with E-state index < -0.39 is 0 Å². The normalized spacial score (nSPS) is 23.8. The minimum Gasteiger partial charge on any atom is -0.342 e. The van der Waals surface area contributed by atoms with Crippen LogP contribution in [0.25, 0.3) is 0 Å². The monoisotopic (exact) mass is 481 g/mol. The summed E-state index contributed by atoms with van der Waals surface area (Å²) in [5.41, 5.74) is 1.07. The number of aryl methyl sites for hydroxylation is 1. The fourth-order valence-electron chi connectivity index (χ4n) is 5.79. The van der Waals surface area contributed by atoms with E-state index in [2.05, 4.69) is 16.4 Å². The Morgan fingerprint density at radius 1 is 0.912 bits per heavy atom. The van der Waals surface area contributed by atoms with E-state index >= 15 is 0 Å². The van der Waals surface area contributed by atoms with Gasteiger partial charge in [-0.25, -0.2) is 9.97 Å². The SMILES string of the molecule is Cc1cnc(Nc2cccc(C3CCN(C(=O)C4CCCCC4C(=O)N4CCCC4)CC3)n2)s1. The van der Waals surface area contributed by atoms with Gasteiger partial charge in [-0.05, 0) is 57.6 Å². The van der Waals surface area contributed by atoms with Crippen molar-refractivity contribution in [2.75, 3.05) is 31.5 Å². The summed E-state index contributed by atoms with van der Waals surface area (Å²) in [6.07, 6.45) is 9.72. The molecule has 2 atom stereocenters. The van der Waals surface area contributed by atoms with Gasteiger partial charge in [0.1, 0.15) is 5.82 Å². The third-order valence-corrected chi connectivity index (χ3v) is 8.50. The van der Waals surface area contributed by atoms with E-state index in [1.54, 1.807) is 11.3 Å². The number of anilines is 2. The van der Waals surface area contributed by atoms with Crippen LogP contribution in [0.15, 0.2) is 24.4 Å². The van der Waals surface area contributed by atoms with Crippen LogP contribution < -0.4 is 5.32 Å². The second-order valence-electron chi connectivity index (χ2n) is 9.98. The highest BCUT2D eigenvalue weighted by atomic mass is 32.1. The summed E-state index contributed by atoms with van der Waals surface area (Å²) in [7, 11) is 0. The summed E-state index contributed by atoms with van der Waals surface area (Å²) in [4.78, 5) is 41.0. The molecule has 0 aromatic carbocycles. The first-order valence-electron chi connectivity index (χ1n) is 12.8. The minimum absolute atomic E-state index is 0.115. The first kappa shape index (κ1) is 23.3. The summed E-state index contributed by atoms with van der Waals surface area (Å²) < 4.78 is 0. The Bertz CT molecular complexity index is 1010. The molecule has 0 radical (unpaired) electrons. The summed E-state index contributed by atoms with van der Waals surface area (Å²) in [6.45, 7) is 5.26. The number of thiazole rings is 1. The molecule has 1 saturated carbocycles. The number of carbonyl (C=O) groups is 2. The smallest absolute Gasteiger partial charge is 0.226 e. The second kappa shape index (κ2) is 10.4. The molecule has 182 valence electrons. The summed E-state index contributed by atoms with van der Waals surface area (Å²) in [5.74, 6) is 1.35. The lowest BCUT2D eigenvalue weighted by Gasteiger charge is -2.38. The third kappa shape index (κ3) is 5.11. The molecule has 2 saturated heterocycles. The lowest BCUT2D eigenvalue weighted by molar-refractivity contribution is -0.148. The molecule has 5 rings (SSSR count). The molecule has 8 heteroatoms. The molecule has 2 unspecified atom stereocenters. The van der Waals surface area contributed by atoms with Crippen molar-refractivity contribution in [3.8, 4) is 0 Å². The van der Waals surface area contributed by atoms with Gasteiger partial charge in [0.25, 0.3) is 0 Å². The largest absolute Gasteiger partial charge is 0.342 e. The predicted octanol–water partition coefficient (Wildman–Crippen LogP) is 4.72. The van der Waals surface area contributed by atoms with Crippen LogP contribution in [0, 0.1) is 18.8 Å². The maximum Gasteiger partial charge on any atom is 0.226 e. The molecule has 1 aliphatic carbocycles. The van der Waals surface area contributed by atoms with E-state index in [0.29, 0.717) is 5.92 Å². The molecule has 3 fully saturated rings. The molecule has 0 spiro atoms. The van der Waals surface area contributed by atoms with Crippen LogP contribution in [0.3, 0.4) is 0 Å². The number of nitrogens with zero attached hydrogens (tertiary/aromatic N) is 4. The Hall–Kier alpha value is -2.48. The number of nitrogens with one attached hydrogen (secondary N) is 1. The van der Waals surface area contributed by atoms with Gasteiger partial charge < -0.3 is 15.1 Å². The van der Waals surface area contributed by atoms with E-state index in [0.717, 1.165) is 99.1 Å². The van der Waals surface area contributed by atoms with Crippen LogP contribution in [0.4, 0.5) is 10.9 Å². The van der Waals surface area contributed by atoms with Gasteiger partial charge in [-0.2, -0.15) is 0 Å².